The third kappa shape index (κ3) is 3.63. The van der Waals surface area contributed by atoms with Crippen molar-refractivity contribution in [3.8, 4) is 0 Å². The van der Waals surface area contributed by atoms with Gasteiger partial charge < -0.3 is 5.32 Å². The van der Waals surface area contributed by atoms with Gasteiger partial charge in [-0.05, 0) is 34.8 Å². The normalized spacial score (nSPS) is 12.9. The van der Waals surface area contributed by atoms with Crippen LogP contribution in [-0.4, -0.2) is 11.0 Å². The van der Waals surface area contributed by atoms with E-state index >= 15 is 0 Å². The summed E-state index contributed by atoms with van der Waals surface area (Å²) < 4.78 is 0.901. The molecule has 1 aromatic rings. The molecular formula is C12H18BrClN2. The summed E-state index contributed by atoms with van der Waals surface area (Å²) in [6.45, 7) is 6.60. The molecule has 0 saturated heterocycles. The minimum atomic E-state index is 0.390. The molecule has 0 aliphatic heterocycles. The Morgan fingerprint density at radius 1 is 1.44 bits per heavy atom. The van der Waals surface area contributed by atoms with E-state index in [1.165, 1.54) is 12.8 Å². The van der Waals surface area contributed by atoms with Gasteiger partial charge >= 0.3 is 0 Å². The molecule has 0 amide bonds. The lowest BCUT2D eigenvalue weighted by molar-refractivity contribution is 0.437. The zero-order chi connectivity index (χ0) is 12.1. The summed E-state index contributed by atoms with van der Waals surface area (Å²) in [5.74, 6) is 1.42. The van der Waals surface area contributed by atoms with Crippen LogP contribution in [0.4, 0.5) is 5.82 Å². The Balaban J connectivity index is 2.72. The summed E-state index contributed by atoms with van der Waals surface area (Å²) >= 11 is 9.45. The van der Waals surface area contributed by atoms with Crippen molar-refractivity contribution in [2.24, 2.45) is 5.92 Å². The highest BCUT2D eigenvalue weighted by molar-refractivity contribution is 9.10. The minimum absolute atomic E-state index is 0.390. The maximum absolute atomic E-state index is 6.11. The number of hydrogen-bond donors (Lipinski definition) is 1. The summed E-state index contributed by atoms with van der Waals surface area (Å²) in [6.07, 6.45) is 4.09. The Morgan fingerprint density at radius 3 is 2.56 bits per heavy atom. The van der Waals surface area contributed by atoms with E-state index in [-0.39, 0.29) is 0 Å². The molecule has 0 spiro atoms. The number of halogens is 2. The van der Waals surface area contributed by atoms with Crippen LogP contribution in [0.2, 0.25) is 5.02 Å². The largest absolute Gasteiger partial charge is 0.366 e. The Labute approximate surface area is 111 Å². The highest BCUT2D eigenvalue weighted by Crippen LogP contribution is 2.25. The van der Waals surface area contributed by atoms with Gasteiger partial charge in [-0.2, -0.15) is 0 Å². The molecule has 1 aromatic heterocycles. The maximum atomic E-state index is 6.11. The van der Waals surface area contributed by atoms with Gasteiger partial charge in [-0.15, -0.1) is 0 Å². The van der Waals surface area contributed by atoms with Gasteiger partial charge in [0.05, 0.1) is 5.02 Å². The lowest BCUT2D eigenvalue weighted by Crippen LogP contribution is -2.25. The Morgan fingerprint density at radius 2 is 2.06 bits per heavy atom. The van der Waals surface area contributed by atoms with E-state index < -0.39 is 0 Å². The lowest BCUT2D eigenvalue weighted by Gasteiger charge is -2.23. The molecule has 0 aliphatic carbocycles. The van der Waals surface area contributed by atoms with Crippen molar-refractivity contribution in [3.05, 3.63) is 21.8 Å². The van der Waals surface area contributed by atoms with Crippen molar-refractivity contribution >= 4 is 33.3 Å². The topological polar surface area (TPSA) is 24.9 Å². The predicted octanol–water partition coefficient (Wildman–Crippen LogP) is 4.73. The first-order valence-electron chi connectivity index (χ1n) is 5.66. The third-order valence-corrected chi connectivity index (χ3v) is 3.65. The van der Waals surface area contributed by atoms with Crippen molar-refractivity contribution in [3.63, 3.8) is 0 Å². The van der Waals surface area contributed by atoms with Crippen molar-refractivity contribution in [2.75, 3.05) is 5.32 Å². The second-order valence-electron chi connectivity index (χ2n) is 3.99. The molecule has 0 aromatic carbocycles. The van der Waals surface area contributed by atoms with E-state index in [0.717, 1.165) is 10.3 Å². The van der Waals surface area contributed by atoms with E-state index in [0.29, 0.717) is 17.0 Å². The number of rotatable bonds is 5. The SMILES string of the molecule is CCC(CC)C(C)Nc1ncc(Br)cc1Cl. The van der Waals surface area contributed by atoms with Gasteiger partial charge in [0.15, 0.2) is 0 Å². The standard InChI is InChI=1S/C12H18BrClN2/c1-4-9(5-2)8(3)16-12-11(14)6-10(13)7-15-12/h6-9H,4-5H2,1-3H3,(H,15,16). The fourth-order valence-electron chi connectivity index (χ4n) is 1.85. The average Bonchev–Trinajstić information content (AvgIpc) is 2.24. The number of pyridine rings is 1. The number of nitrogens with one attached hydrogen (secondary N) is 1. The third-order valence-electron chi connectivity index (χ3n) is 2.93. The first kappa shape index (κ1) is 13.8. The highest BCUT2D eigenvalue weighted by Gasteiger charge is 2.14. The molecule has 16 heavy (non-hydrogen) atoms. The molecule has 1 heterocycles. The van der Waals surface area contributed by atoms with Crippen molar-refractivity contribution < 1.29 is 0 Å². The van der Waals surface area contributed by atoms with Crippen LogP contribution in [0.3, 0.4) is 0 Å². The summed E-state index contributed by atoms with van der Waals surface area (Å²) in [7, 11) is 0. The molecule has 4 heteroatoms. The van der Waals surface area contributed by atoms with Crippen LogP contribution in [0.5, 0.6) is 0 Å². The molecule has 90 valence electrons. The first-order valence-corrected chi connectivity index (χ1v) is 6.83. The molecule has 0 aliphatic rings. The quantitative estimate of drug-likeness (QED) is 0.850. The van der Waals surface area contributed by atoms with Gasteiger partial charge in [0, 0.05) is 16.7 Å². The van der Waals surface area contributed by atoms with Crippen LogP contribution in [0.1, 0.15) is 33.6 Å². The molecule has 0 fully saturated rings. The number of anilines is 1. The fourth-order valence-corrected chi connectivity index (χ4v) is 2.53. The molecule has 1 atom stereocenters. The molecule has 1 unspecified atom stereocenters. The number of aromatic nitrogens is 1. The first-order chi connectivity index (χ1) is 7.58. The summed E-state index contributed by atoms with van der Waals surface area (Å²) in [5.41, 5.74) is 0. The van der Waals surface area contributed by atoms with E-state index in [1.54, 1.807) is 6.20 Å². The van der Waals surface area contributed by atoms with E-state index in [9.17, 15) is 0 Å². The van der Waals surface area contributed by atoms with Gasteiger partial charge in [-0.1, -0.05) is 38.3 Å². The summed E-state index contributed by atoms with van der Waals surface area (Å²) in [5, 5.41) is 4.03. The van der Waals surface area contributed by atoms with Crippen LogP contribution < -0.4 is 5.32 Å². The fraction of sp³-hybridized carbons (Fsp3) is 0.583. The second kappa shape index (κ2) is 6.45. The Bertz CT molecular complexity index is 340. The van der Waals surface area contributed by atoms with Crippen LogP contribution in [0.15, 0.2) is 16.7 Å². The van der Waals surface area contributed by atoms with E-state index in [2.05, 4.69) is 47.0 Å². The van der Waals surface area contributed by atoms with E-state index in [4.69, 9.17) is 11.6 Å². The zero-order valence-corrected chi connectivity index (χ0v) is 12.3. The Hall–Kier alpha value is -0.280. The predicted molar refractivity (Wildman–Crippen MR) is 74.1 cm³/mol. The summed E-state index contributed by atoms with van der Waals surface area (Å²) in [4.78, 5) is 4.28. The van der Waals surface area contributed by atoms with E-state index in [1.807, 2.05) is 6.07 Å². The number of hydrogen-bond acceptors (Lipinski definition) is 2. The zero-order valence-electron chi connectivity index (χ0n) is 9.93. The molecule has 1 N–H and O–H groups in total. The van der Waals surface area contributed by atoms with Crippen molar-refractivity contribution in [2.45, 2.75) is 39.7 Å². The minimum Gasteiger partial charge on any atom is -0.366 e. The smallest absolute Gasteiger partial charge is 0.145 e. The summed E-state index contributed by atoms with van der Waals surface area (Å²) in [6, 6.07) is 2.25. The van der Waals surface area contributed by atoms with Crippen LogP contribution in [0.25, 0.3) is 0 Å². The monoisotopic (exact) mass is 304 g/mol. The maximum Gasteiger partial charge on any atom is 0.145 e. The average molecular weight is 306 g/mol. The molecular weight excluding hydrogens is 288 g/mol. The van der Waals surface area contributed by atoms with Crippen molar-refractivity contribution in [1.82, 2.24) is 4.98 Å². The second-order valence-corrected chi connectivity index (χ2v) is 5.32. The van der Waals surface area contributed by atoms with Crippen LogP contribution in [0, 0.1) is 5.92 Å². The Kier molecular flexibility index (Phi) is 5.56. The number of nitrogens with zero attached hydrogens (tertiary/aromatic N) is 1. The molecule has 0 saturated carbocycles. The van der Waals surface area contributed by atoms with Gasteiger partial charge in [0.2, 0.25) is 0 Å². The van der Waals surface area contributed by atoms with Gasteiger partial charge in [0.1, 0.15) is 5.82 Å². The molecule has 1 rings (SSSR count). The van der Waals surface area contributed by atoms with Gasteiger partial charge in [0.25, 0.3) is 0 Å². The molecule has 0 radical (unpaired) electrons. The molecule has 2 nitrogen and oxygen atoms in total. The van der Waals surface area contributed by atoms with Crippen LogP contribution in [-0.2, 0) is 0 Å². The highest BCUT2D eigenvalue weighted by atomic mass is 79.9. The van der Waals surface area contributed by atoms with Crippen LogP contribution >= 0.6 is 27.5 Å². The van der Waals surface area contributed by atoms with Crippen molar-refractivity contribution in [1.29, 1.82) is 0 Å². The van der Waals surface area contributed by atoms with Gasteiger partial charge in [-0.3, -0.25) is 0 Å². The lowest BCUT2D eigenvalue weighted by atomic mass is 9.95. The van der Waals surface area contributed by atoms with Gasteiger partial charge in [-0.25, -0.2) is 4.98 Å². The molecule has 0 bridgehead atoms.